The number of ether oxygens (including phenoxy) is 1. The van der Waals surface area contributed by atoms with Crippen molar-refractivity contribution in [2.45, 2.75) is 0 Å². The second-order valence-corrected chi connectivity index (χ2v) is 8.40. The fourth-order valence-corrected chi connectivity index (χ4v) is 4.48. The van der Waals surface area contributed by atoms with E-state index < -0.39 is 0 Å². The van der Waals surface area contributed by atoms with Gasteiger partial charge in [0.15, 0.2) is 0 Å². The molecule has 2 aliphatic heterocycles. The van der Waals surface area contributed by atoms with E-state index in [0.29, 0.717) is 69.7 Å². The number of hydrogen-bond donors (Lipinski definition) is 0. The van der Waals surface area contributed by atoms with Gasteiger partial charge in [-0.3, -0.25) is 14.5 Å². The van der Waals surface area contributed by atoms with Gasteiger partial charge >= 0.3 is 0 Å². The Morgan fingerprint density at radius 3 is 2.55 bits per heavy atom. The van der Waals surface area contributed by atoms with Gasteiger partial charge in [-0.05, 0) is 12.1 Å². The summed E-state index contributed by atoms with van der Waals surface area (Å²) in [5.41, 5.74) is 1.37. The lowest BCUT2D eigenvalue weighted by Gasteiger charge is -2.35. The monoisotopic (exact) mass is 434 g/mol. The zero-order valence-corrected chi connectivity index (χ0v) is 17.6. The van der Waals surface area contributed by atoms with Crippen LogP contribution in [0.1, 0.15) is 10.5 Å². The molecular formula is C20H23ClN4O3S. The maximum Gasteiger partial charge on any atom is 0.273 e. The lowest BCUT2D eigenvalue weighted by atomic mass is 10.2. The Labute approximate surface area is 178 Å². The van der Waals surface area contributed by atoms with Crippen LogP contribution in [0, 0.1) is 0 Å². The molecule has 0 unspecified atom stereocenters. The molecule has 7 nitrogen and oxygen atoms in total. The summed E-state index contributed by atoms with van der Waals surface area (Å²) in [5.74, 6) is 0.0763. The molecule has 0 aliphatic carbocycles. The third-order valence-corrected chi connectivity index (χ3v) is 6.30. The van der Waals surface area contributed by atoms with Crippen LogP contribution in [0.15, 0.2) is 29.6 Å². The van der Waals surface area contributed by atoms with Crippen LogP contribution in [-0.4, -0.2) is 90.5 Å². The minimum Gasteiger partial charge on any atom is -0.378 e. The normalized spacial score (nSPS) is 18.1. The van der Waals surface area contributed by atoms with Crippen molar-refractivity contribution in [2.24, 2.45) is 0 Å². The molecule has 154 valence electrons. The minimum absolute atomic E-state index is 0.0614. The molecule has 0 spiro atoms. The Hall–Kier alpha value is -2.00. The largest absolute Gasteiger partial charge is 0.378 e. The van der Waals surface area contributed by atoms with Gasteiger partial charge in [-0.15, -0.1) is 11.3 Å². The van der Waals surface area contributed by atoms with Gasteiger partial charge in [0.1, 0.15) is 10.7 Å². The third-order valence-electron chi connectivity index (χ3n) is 5.18. The van der Waals surface area contributed by atoms with Gasteiger partial charge in [0, 0.05) is 55.2 Å². The first-order valence-corrected chi connectivity index (χ1v) is 10.9. The van der Waals surface area contributed by atoms with Crippen LogP contribution in [0.2, 0.25) is 5.02 Å². The molecule has 9 heteroatoms. The molecule has 1 aromatic carbocycles. The molecule has 2 aliphatic rings. The fourth-order valence-electron chi connectivity index (χ4n) is 3.50. The molecule has 1 aromatic heterocycles. The Morgan fingerprint density at radius 1 is 1.07 bits per heavy atom. The van der Waals surface area contributed by atoms with Gasteiger partial charge < -0.3 is 14.5 Å². The quantitative estimate of drug-likeness (QED) is 0.737. The first-order chi connectivity index (χ1) is 14.1. The summed E-state index contributed by atoms with van der Waals surface area (Å²) in [6, 6.07) is 7.47. The maximum absolute atomic E-state index is 12.8. The summed E-state index contributed by atoms with van der Waals surface area (Å²) in [5, 5.41) is 3.23. The molecule has 4 rings (SSSR count). The molecule has 2 aromatic rings. The van der Waals surface area contributed by atoms with E-state index in [9.17, 15) is 9.59 Å². The van der Waals surface area contributed by atoms with Gasteiger partial charge in [0.05, 0.1) is 19.8 Å². The standard InChI is InChI=1S/C20H23ClN4O3S/c21-16-3-1-2-15(12-16)19-22-17(14-29-19)20(27)25-6-4-23(5-7-25)13-18(26)24-8-10-28-11-9-24/h1-3,12,14H,4-11,13H2. The topological polar surface area (TPSA) is 66.0 Å². The predicted molar refractivity (Wildman–Crippen MR) is 112 cm³/mol. The molecule has 0 radical (unpaired) electrons. The van der Waals surface area contributed by atoms with Crippen molar-refractivity contribution in [1.82, 2.24) is 19.7 Å². The van der Waals surface area contributed by atoms with E-state index in [4.69, 9.17) is 16.3 Å². The van der Waals surface area contributed by atoms with Crippen molar-refractivity contribution >= 4 is 34.8 Å². The van der Waals surface area contributed by atoms with E-state index in [2.05, 4.69) is 9.88 Å². The number of morpholine rings is 1. The van der Waals surface area contributed by atoms with E-state index in [1.54, 1.807) is 5.38 Å². The molecule has 0 bridgehead atoms. The van der Waals surface area contributed by atoms with Gasteiger partial charge in [0.2, 0.25) is 5.91 Å². The van der Waals surface area contributed by atoms with Crippen molar-refractivity contribution in [3.05, 3.63) is 40.4 Å². The van der Waals surface area contributed by atoms with Gasteiger partial charge in [-0.2, -0.15) is 0 Å². The summed E-state index contributed by atoms with van der Waals surface area (Å²) in [4.78, 5) is 35.5. The SMILES string of the molecule is O=C(CN1CCN(C(=O)c2csc(-c3cccc(Cl)c3)n2)CC1)N1CCOCC1. The molecule has 29 heavy (non-hydrogen) atoms. The summed E-state index contributed by atoms with van der Waals surface area (Å²) in [7, 11) is 0. The Morgan fingerprint density at radius 2 is 1.83 bits per heavy atom. The van der Waals surface area contributed by atoms with Gasteiger partial charge in [-0.1, -0.05) is 23.7 Å². The predicted octanol–water partition coefficient (Wildman–Crippen LogP) is 2.08. The van der Waals surface area contributed by atoms with Crippen molar-refractivity contribution in [3.63, 3.8) is 0 Å². The van der Waals surface area contributed by atoms with Crippen LogP contribution in [-0.2, 0) is 9.53 Å². The van der Waals surface area contributed by atoms with Crippen LogP contribution in [0.3, 0.4) is 0 Å². The fraction of sp³-hybridized carbons (Fsp3) is 0.450. The van der Waals surface area contributed by atoms with Crippen LogP contribution in [0.25, 0.3) is 10.6 Å². The van der Waals surface area contributed by atoms with E-state index in [0.717, 1.165) is 10.6 Å². The lowest BCUT2D eigenvalue weighted by Crippen LogP contribution is -2.52. The number of hydrogen-bond acceptors (Lipinski definition) is 6. The molecule has 2 amide bonds. The van der Waals surface area contributed by atoms with Crippen LogP contribution < -0.4 is 0 Å². The van der Waals surface area contributed by atoms with E-state index in [1.165, 1.54) is 11.3 Å². The van der Waals surface area contributed by atoms with E-state index >= 15 is 0 Å². The highest BCUT2D eigenvalue weighted by Crippen LogP contribution is 2.26. The number of benzene rings is 1. The Balaban J connectivity index is 1.30. The van der Waals surface area contributed by atoms with Crippen LogP contribution >= 0.6 is 22.9 Å². The highest BCUT2D eigenvalue weighted by atomic mass is 35.5. The number of piperazine rings is 1. The number of carbonyl (C=O) groups is 2. The van der Waals surface area contributed by atoms with Crippen LogP contribution in [0.4, 0.5) is 0 Å². The Bertz CT molecular complexity index is 876. The second-order valence-electron chi connectivity index (χ2n) is 7.11. The smallest absolute Gasteiger partial charge is 0.273 e. The maximum atomic E-state index is 12.8. The Kier molecular flexibility index (Phi) is 6.44. The highest BCUT2D eigenvalue weighted by molar-refractivity contribution is 7.13. The number of thiazole rings is 1. The zero-order chi connectivity index (χ0) is 20.2. The van der Waals surface area contributed by atoms with Crippen LogP contribution in [0.5, 0.6) is 0 Å². The molecule has 2 saturated heterocycles. The number of nitrogens with zero attached hydrogens (tertiary/aromatic N) is 4. The summed E-state index contributed by atoms with van der Waals surface area (Å²) in [6.45, 7) is 5.51. The van der Waals surface area contributed by atoms with E-state index in [-0.39, 0.29) is 11.8 Å². The molecule has 0 N–H and O–H groups in total. The number of aromatic nitrogens is 1. The van der Waals surface area contributed by atoms with Gasteiger partial charge in [0.25, 0.3) is 5.91 Å². The van der Waals surface area contributed by atoms with Crippen molar-refractivity contribution < 1.29 is 14.3 Å². The number of halogens is 1. The van der Waals surface area contributed by atoms with Crippen molar-refractivity contribution in [3.8, 4) is 10.6 Å². The molecule has 2 fully saturated rings. The third kappa shape index (κ3) is 4.95. The molecule has 0 atom stereocenters. The summed E-state index contributed by atoms with van der Waals surface area (Å²) < 4.78 is 5.29. The lowest BCUT2D eigenvalue weighted by molar-refractivity contribution is -0.136. The summed E-state index contributed by atoms with van der Waals surface area (Å²) >= 11 is 7.49. The minimum atomic E-state index is -0.0614. The number of carbonyl (C=O) groups excluding carboxylic acids is 2. The summed E-state index contributed by atoms with van der Waals surface area (Å²) in [6.07, 6.45) is 0. The molecule has 0 saturated carbocycles. The first-order valence-electron chi connectivity index (χ1n) is 9.69. The van der Waals surface area contributed by atoms with Gasteiger partial charge in [-0.25, -0.2) is 4.98 Å². The highest BCUT2D eigenvalue weighted by Gasteiger charge is 2.26. The van der Waals surface area contributed by atoms with Crippen molar-refractivity contribution in [1.29, 1.82) is 0 Å². The average molecular weight is 435 g/mol. The zero-order valence-electron chi connectivity index (χ0n) is 16.1. The van der Waals surface area contributed by atoms with E-state index in [1.807, 2.05) is 34.1 Å². The molecule has 3 heterocycles. The number of amides is 2. The first kappa shape index (κ1) is 20.3. The second kappa shape index (κ2) is 9.21. The average Bonchev–Trinajstić information content (AvgIpc) is 3.25. The number of rotatable bonds is 4. The molecular weight excluding hydrogens is 412 g/mol. The van der Waals surface area contributed by atoms with Crippen molar-refractivity contribution in [2.75, 3.05) is 59.0 Å².